The van der Waals surface area contributed by atoms with Crippen molar-refractivity contribution in [3.05, 3.63) is 36.4 Å². The molecule has 1 aliphatic rings. The summed E-state index contributed by atoms with van der Waals surface area (Å²) in [5.41, 5.74) is 0. The number of fused-ring (bicyclic) bond motifs is 1. The maximum atomic E-state index is 11.9. The summed E-state index contributed by atoms with van der Waals surface area (Å²) >= 11 is 0. The van der Waals surface area contributed by atoms with Crippen molar-refractivity contribution in [2.45, 2.75) is 38.0 Å². The SMILES string of the molecule is CC(C)C(=O)Oc1ccc([S+]2CCCCC2)c2ccccc12. The van der Waals surface area contributed by atoms with E-state index in [9.17, 15) is 4.79 Å². The summed E-state index contributed by atoms with van der Waals surface area (Å²) in [5.74, 6) is 3.01. The smallest absolute Gasteiger partial charge is 0.313 e. The van der Waals surface area contributed by atoms with Crippen molar-refractivity contribution in [2.75, 3.05) is 11.5 Å². The van der Waals surface area contributed by atoms with Gasteiger partial charge in [-0.2, -0.15) is 0 Å². The molecule has 0 aliphatic carbocycles. The van der Waals surface area contributed by atoms with Gasteiger partial charge in [-0.25, -0.2) is 0 Å². The number of esters is 1. The van der Waals surface area contributed by atoms with Gasteiger partial charge in [0.05, 0.1) is 5.92 Å². The molecule has 1 fully saturated rings. The van der Waals surface area contributed by atoms with E-state index in [2.05, 4.69) is 24.3 Å². The molecule has 22 heavy (non-hydrogen) atoms. The summed E-state index contributed by atoms with van der Waals surface area (Å²) in [6.45, 7) is 3.73. The van der Waals surface area contributed by atoms with Crippen LogP contribution in [0.1, 0.15) is 33.1 Å². The Morgan fingerprint density at radius 2 is 1.68 bits per heavy atom. The first-order valence-corrected chi connectivity index (χ1v) is 9.64. The van der Waals surface area contributed by atoms with Gasteiger partial charge in [-0.15, -0.1) is 0 Å². The van der Waals surface area contributed by atoms with Crippen molar-refractivity contribution in [3.63, 3.8) is 0 Å². The fraction of sp³-hybridized carbons (Fsp3) is 0.421. The molecule has 2 nitrogen and oxygen atoms in total. The van der Waals surface area contributed by atoms with Gasteiger partial charge >= 0.3 is 5.97 Å². The minimum Gasteiger partial charge on any atom is -0.426 e. The third-order valence-corrected chi connectivity index (χ3v) is 6.66. The number of carbonyl (C=O) groups is 1. The van der Waals surface area contributed by atoms with Gasteiger partial charge in [-0.1, -0.05) is 32.0 Å². The summed E-state index contributed by atoms with van der Waals surface area (Å²) in [5, 5.41) is 2.31. The van der Waals surface area contributed by atoms with E-state index in [0.29, 0.717) is 16.6 Å². The zero-order valence-electron chi connectivity index (χ0n) is 13.3. The molecule has 3 rings (SSSR count). The van der Waals surface area contributed by atoms with E-state index in [1.807, 2.05) is 26.0 Å². The molecule has 2 aromatic carbocycles. The number of carbonyl (C=O) groups excluding carboxylic acids is 1. The zero-order valence-corrected chi connectivity index (χ0v) is 14.1. The van der Waals surface area contributed by atoms with Crippen LogP contribution in [0.25, 0.3) is 10.8 Å². The van der Waals surface area contributed by atoms with E-state index in [-0.39, 0.29) is 11.9 Å². The van der Waals surface area contributed by atoms with Crippen LogP contribution in [0.15, 0.2) is 41.3 Å². The minimum atomic E-state index is -0.169. The van der Waals surface area contributed by atoms with E-state index in [4.69, 9.17) is 4.74 Å². The molecule has 0 saturated carbocycles. The van der Waals surface area contributed by atoms with Gasteiger partial charge in [-0.3, -0.25) is 4.79 Å². The van der Waals surface area contributed by atoms with E-state index in [1.54, 1.807) is 0 Å². The largest absolute Gasteiger partial charge is 0.426 e. The van der Waals surface area contributed by atoms with E-state index in [1.165, 1.54) is 41.0 Å². The first kappa shape index (κ1) is 15.4. The molecule has 3 heteroatoms. The van der Waals surface area contributed by atoms with Crippen LogP contribution in [-0.2, 0) is 15.7 Å². The molecule has 0 atom stereocenters. The molecule has 116 valence electrons. The number of hydrogen-bond acceptors (Lipinski definition) is 2. The van der Waals surface area contributed by atoms with E-state index < -0.39 is 0 Å². The molecule has 0 N–H and O–H groups in total. The summed E-state index contributed by atoms with van der Waals surface area (Å²) in [4.78, 5) is 13.4. The van der Waals surface area contributed by atoms with Crippen LogP contribution in [0, 0.1) is 5.92 Å². The Morgan fingerprint density at radius 3 is 2.36 bits per heavy atom. The van der Waals surface area contributed by atoms with Crippen LogP contribution in [0.4, 0.5) is 0 Å². The van der Waals surface area contributed by atoms with Crippen LogP contribution >= 0.6 is 0 Å². The van der Waals surface area contributed by atoms with Crippen molar-refractivity contribution in [1.29, 1.82) is 0 Å². The topological polar surface area (TPSA) is 26.3 Å². The van der Waals surface area contributed by atoms with Gasteiger partial charge in [0.2, 0.25) is 0 Å². The lowest BCUT2D eigenvalue weighted by molar-refractivity contribution is -0.137. The molecule has 0 spiro atoms. The highest BCUT2D eigenvalue weighted by molar-refractivity contribution is 7.97. The highest BCUT2D eigenvalue weighted by Crippen LogP contribution is 2.34. The van der Waals surface area contributed by atoms with Gasteiger partial charge in [-0.05, 0) is 37.5 Å². The normalized spacial score (nSPS) is 16.1. The Bertz CT molecular complexity index is 672. The molecule has 0 amide bonds. The molecule has 1 heterocycles. The number of benzene rings is 2. The van der Waals surface area contributed by atoms with Gasteiger partial charge in [0, 0.05) is 21.7 Å². The molecule has 0 unspecified atom stereocenters. The first-order valence-electron chi connectivity index (χ1n) is 8.08. The van der Waals surface area contributed by atoms with Crippen LogP contribution in [-0.4, -0.2) is 17.5 Å². The lowest BCUT2D eigenvalue weighted by Gasteiger charge is -2.16. The molecule has 1 aliphatic heterocycles. The molecule has 0 aromatic heterocycles. The second-order valence-electron chi connectivity index (χ2n) is 6.14. The van der Waals surface area contributed by atoms with Gasteiger partial charge in [0.15, 0.2) is 4.90 Å². The second-order valence-corrected chi connectivity index (χ2v) is 8.39. The molecular weight excluding hydrogens is 292 g/mol. The Labute approximate surface area is 135 Å². The Morgan fingerprint density at radius 1 is 1.00 bits per heavy atom. The Balaban J connectivity index is 2.01. The van der Waals surface area contributed by atoms with Gasteiger partial charge < -0.3 is 4.74 Å². The molecule has 0 bridgehead atoms. The maximum absolute atomic E-state index is 11.9. The van der Waals surface area contributed by atoms with Crippen molar-refractivity contribution in [1.82, 2.24) is 0 Å². The molecular formula is C19H23O2S+. The van der Waals surface area contributed by atoms with Gasteiger partial charge in [0.25, 0.3) is 0 Å². The van der Waals surface area contributed by atoms with Crippen molar-refractivity contribution < 1.29 is 9.53 Å². The molecule has 0 radical (unpaired) electrons. The van der Waals surface area contributed by atoms with E-state index in [0.717, 1.165) is 5.39 Å². The fourth-order valence-electron chi connectivity index (χ4n) is 2.86. The quantitative estimate of drug-likeness (QED) is 0.471. The Hall–Kier alpha value is -1.48. The van der Waals surface area contributed by atoms with Crippen molar-refractivity contribution in [3.8, 4) is 5.75 Å². The highest BCUT2D eigenvalue weighted by Gasteiger charge is 2.27. The average molecular weight is 315 g/mol. The number of ether oxygens (including phenoxy) is 1. The predicted molar refractivity (Wildman–Crippen MR) is 93.6 cm³/mol. The predicted octanol–water partition coefficient (Wildman–Crippen LogP) is 4.56. The third kappa shape index (κ3) is 3.14. The van der Waals surface area contributed by atoms with Gasteiger partial charge in [0.1, 0.15) is 17.3 Å². The van der Waals surface area contributed by atoms with Crippen LogP contribution in [0.3, 0.4) is 0 Å². The number of hydrogen-bond donors (Lipinski definition) is 0. The third-order valence-electron chi connectivity index (χ3n) is 4.12. The van der Waals surface area contributed by atoms with Crippen molar-refractivity contribution in [2.24, 2.45) is 5.92 Å². The summed E-state index contributed by atoms with van der Waals surface area (Å²) < 4.78 is 5.60. The van der Waals surface area contributed by atoms with Crippen LogP contribution < -0.4 is 4.74 Å². The van der Waals surface area contributed by atoms with Crippen LogP contribution in [0.5, 0.6) is 5.75 Å². The minimum absolute atomic E-state index is 0.112. The maximum Gasteiger partial charge on any atom is 0.313 e. The summed E-state index contributed by atoms with van der Waals surface area (Å²) in [6, 6.07) is 12.5. The highest BCUT2D eigenvalue weighted by atomic mass is 32.2. The Kier molecular flexibility index (Phi) is 4.72. The summed E-state index contributed by atoms with van der Waals surface area (Å²) in [6.07, 6.45) is 4.04. The van der Waals surface area contributed by atoms with Crippen LogP contribution in [0.2, 0.25) is 0 Å². The average Bonchev–Trinajstić information content (AvgIpc) is 2.56. The fourth-order valence-corrected chi connectivity index (χ4v) is 5.36. The van der Waals surface area contributed by atoms with E-state index >= 15 is 0 Å². The monoisotopic (exact) mass is 315 g/mol. The first-order chi connectivity index (χ1) is 10.7. The van der Waals surface area contributed by atoms with Crippen molar-refractivity contribution >= 4 is 27.6 Å². The molecule has 1 saturated heterocycles. The molecule has 2 aromatic rings. The lowest BCUT2D eigenvalue weighted by Crippen LogP contribution is -2.18. The standard InChI is InChI=1S/C19H23O2S/c1-14(2)19(20)21-17-10-11-18(22-12-6-3-7-13-22)16-9-5-4-8-15(16)17/h4-5,8-11,14H,3,6-7,12-13H2,1-2H3/q+1. The zero-order chi connectivity index (χ0) is 15.5. The number of rotatable bonds is 3. The summed E-state index contributed by atoms with van der Waals surface area (Å²) in [7, 11) is 0.347. The lowest BCUT2D eigenvalue weighted by atomic mass is 10.1. The second kappa shape index (κ2) is 6.74.